The lowest BCUT2D eigenvalue weighted by Gasteiger charge is -2.09. The molecule has 126 valence electrons. The van der Waals surface area contributed by atoms with E-state index in [4.69, 9.17) is 10.00 Å². The predicted molar refractivity (Wildman–Crippen MR) is 90.3 cm³/mol. The van der Waals surface area contributed by atoms with Crippen LogP contribution in [0.5, 0.6) is 0 Å². The highest BCUT2D eigenvalue weighted by molar-refractivity contribution is 5.92. The Hall–Kier alpha value is -3.60. The molecule has 0 saturated heterocycles. The Morgan fingerprint density at radius 2 is 2.16 bits per heavy atom. The van der Waals surface area contributed by atoms with Crippen LogP contribution in [0.4, 0.5) is 5.82 Å². The summed E-state index contributed by atoms with van der Waals surface area (Å²) in [5.41, 5.74) is 0.824. The van der Waals surface area contributed by atoms with Crippen molar-refractivity contribution in [3.8, 4) is 11.9 Å². The van der Waals surface area contributed by atoms with Crippen LogP contribution in [0.3, 0.4) is 0 Å². The Bertz CT molecular complexity index is 908. The second-order valence-electron chi connectivity index (χ2n) is 5.17. The van der Waals surface area contributed by atoms with Gasteiger partial charge in [-0.25, -0.2) is 9.78 Å². The van der Waals surface area contributed by atoms with Gasteiger partial charge in [0.2, 0.25) is 0 Å². The number of aromatic nitrogens is 4. The number of hydrogen-bond donors (Lipinski definition) is 1. The largest absolute Gasteiger partial charge is 0.460 e. The fourth-order valence-corrected chi connectivity index (χ4v) is 2.38. The van der Waals surface area contributed by atoms with E-state index in [2.05, 4.69) is 21.5 Å². The molecule has 8 nitrogen and oxygen atoms in total. The van der Waals surface area contributed by atoms with Gasteiger partial charge in [0.15, 0.2) is 0 Å². The molecule has 0 atom stereocenters. The first-order valence-corrected chi connectivity index (χ1v) is 7.62. The highest BCUT2D eigenvalue weighted by Crippen LogP contribution is 2.15. The van der Waals surface area contributed by atoms with Gasteiger partial charge in [-0.2, -0.15) is 10.4 Å². The van der Waals surface area contributed by atoms with Crippen LogP contribution >= 0.6 is 0 Å². The Morgan fingerprint density at radius 3 is 2.92 bits per heavy atom. The maximum absolute atomic E-state index is 12.3. The molecule has 0 unspecified atom stereocenters. The summed E-state index contributed by atoms with van der Waals surface area (Å²) in [5.74, 6) is 0.648. The van der Waals surface area contributed by atoms with E-state index in [1.54, 1.807) is 34.6 Å². The monoisotopic (exact) mass is 336 g/mol. The fraction of sp³-hybridized carbons (Fsp3) is 0.176. The number of pyridine rings is 1. The van der Waals surface area contributed by atoms with Gasteiger partial charge in [0.05, 0.1) is 18.3 Å². The summed E-state index contributed by atoms with van der Waals surface area (Å²) in [4.78, 5) is 16.4. The molecule has 0 aromatic carbocycles. The number of nitrogens with zero attached hydrogens (tertiary/aromatic N) is 5. The van der Waals surface area contributed by atoms with E-state index < -0.39 is 5.97 Å². The lowest BCUT2D eigenvalue weighted by molar-refractivity contribution is 0.0520. The summed E-state index contributed by atoms with van der Waals surface area (Å²) >= 11 is 0. The highest BCUT2D eigenvalue weighted by atomic mass is 16.5. The Kier molecular flexibility index (Phi) is 4.76. The van der Waals surface area contributed by atoms with E-state index in [9.17, 15) is 4.79 Å². The van der Waals surface area contributed by atoms with E-state index in [0.717, 1.165) is 0 Å². The molecule has 0 saturated carbocycles. The molecule has 3 aromatic rings. The smallest absolute Gasteiger partial charge is 0.343 e. The van der Waals surface area contributed by atoms with Crippen molar-refractivity contribution in [2.24, 2.45) is 7.05 Å². The molecule has 8 heteroatoms. The van der Waals surface area contributed by atoms with Gasteiger partial charge in [0, 0.05) is 25.6 Å². The molecule has 3 aromatic heterocycles. The van der Waals surface area contributed by atoms with E-state index in [-0.39, 0.29) is 6.61 Å². The highest BCUT2D eigenvalue weighted by Gasteiger charge is 2.18. The Morgan fingerprint density at radius 1 is 1.36 bits per heavy atom. The van der Waals surface area contributed by atoms with Crippen molar-refractivity contribution in [3.63, 3.8) is 0 Å². The molecule has 0 bridgehead atoms. The van der Waals surface area contributed by atoms with Crippen molar-refractivity contribution in [2.75, 3.05) is 18.5 Å². The molecular weight excluding hydrogens is 320 g/mol. The van der Waals surface area contributed by atoms with Crippen molar-refractivity contribution in [2.45, 2.75) is 0 Å². The van der Waals surface area contributed by atoms with Crippen LogP contribution in [0.1, 0.15) is 15.9 Å². The van der Waals surface area contributed by atoms with Crippen molar-refractivity contribution in [1.82, 2.24) is 19.3 Å². The molecule has 0 aliphatic carbocycles. The number of aryl methyl sites for hydroxylation is 1. The minimum absolute atomic E-state index is 0.139. The second kappa shape index (κ2) is 7.31. The van der Waals surface area contributed by atoms with Crippen molar-refractivity contribution in [3.05, 3.63) is 60.2 Å². The zero-order valence-corrected chi connectivity index (χ0v) is 13.6. The molecule has 0 amide bonds. The van der Waals surface area contributed by atoms with Crippen molar-refractivity contribution >= 4 is 11.8 Å². The van der Waals surface area contributed by atoms with Gasteiger partial charge in [-0.1, -0.05) is 0 Å². The van der Waals surface area contributed by atoms with Gasteiger partial charge in [-0.15, -0.1) is 0 Å². The zero-order chi connectivity index (χ0) is 17.6. The van der Waals surface area contributed by atoms with Gasteiger partial charge in [-0.3, -0.25) is 4.68 Å². The van der Waals surface area contributed by atoms with E-state index in [1.807, 2.05) is 24.5 Å². The molecule has 3 rings (SSSR count). The summed E-state index contributed by atoms with van der Waals surface area (Å²) in [6.07, 6.45) is 6.74. The molecule has 0 spiro atoms. The van der Waals surface area contributed by atoms with Crippen molar-refractivity contribution in [1.29, 1.82) is 5.26 Å². The van der Waals surface area contributed by atoms with Crippen LogP contribution in [-0.4, -0.2) is 38.5 Å². The van der Waals surface area contributed by atoms with E-state index in [0.29, 0.717) is 29.3 Å². The SMILES string of the molecule is Cn1ncc(C(=O)OCCNc2ncccc2C#N)c1-n1cccc1. The van der Waals surface area contributed by atoms with Crippen LogP contribution in [0, 0.1) is 11.3 Å². The average Bonchev–Trinajstić information content (AvgIpc) is 3.28. The summed E-state index contributed by atoms with van der Waals surface area (Å²) in [7, 11) is 1.76. The second-order valence-corrected chi connectivity index (χ2v) is 5.17. The predicted octanol–water partition coefficient (Wildman–Crippen LogP) is 1.75. The summed E-state index contributed by atoms with van der Waals surface area (Å²) < 4.78 is 8.71. The van der Waals surface area contributed by atoms with E-state index >= 15 is 0 Å². The number of anilines is 1. The lowest BCUT2D eigenvalue weighted by atomic mass is 10.3. The number of esters is 1. The van der Waals surface area contributed by atoms with Gasteiger partial charge in [0.1, 0.15) is 29.9 Å². The topological polar surface area (TPSA) is 97.8 Å². The molecule has 25 heavy (non-hydrogen) atoms. The van der Waals surface area contributed by atoms with Gasteiger partial charge in [0.25, 0.3) is 0 Å². The molecule has 0 fully saturated rings. The minimum atomic E-state index is -0.458. The number of ether oxygens (including phenoxy) is 1. The first-order valence-electron chi connectivity index (χ1n) is 7.62. The number of nitrogens with one attached hydrogen (secondary N) is 1. The number of carbonyl (C=O) groups excluding carboxylic acids is 1. The molecule has 0 aliphatic rings. The maximum atomic E-state index is 12.3. The lowest BCUT2D eigenvalue weighted by Crippen LogP contribution is -2.16. The molecule has 3 heterocycles. The number of hydrogen-bond acceptors (Lipinski definition) is 6. The van der Waals surface area contributed by atoms with Crippen LogP contribution in [0.25, 0.3) is 5.82 Å². The maximum Gasteiger partial charge on any atom is 0.343 e. The van der Waals surface area contributed by atoms with Gasteiger partial charge in [-0.05, 0) is 24.3 Å². The van der Waals surface area contributed by atoms with Crippen LogP contribution in [0.15, 0.2) is 49.1 Å². The summed E-state index contributed by atoms with van der Waals surface area (Å²) in [5, 5.41) is 16.1. The first kappa shape index (κ1) is 16.3. The van der Waals surface area contributed by atoms with Crippen LogP contribution in [0.2, 0.25) is 0 Å². The third kappa shape index (κ3) is 3.50. The number of rotatable bonds is 6. The third-order valence-corrected chi connectivity index (χ3v) is 3.53. The molecule has 0 radical (unpaired) electrons. The average molecular weight is 336 g/mol. The minimum Gasteiger partial charge on any atom is -0.460 e. The molecule has 1 N–H and O–H groups in total. The zero-order valence-electron chi connectivity index (χ0n) is 13.6. The van der Waals surface area contributed by atoms with Gasteiger partial charge >= 0.3 is 5.97 Å². The quantitative estimate of drug-likeness (QED) is 0.544. The Labute approximate surface area is 144 Å². The van der Waals surface area contributed by atoms with Crippen LogP contribution in [-0.2, 0) is 11.8 Å². The fourth-order valence-electron chi connectivity index (χ4n) is 2.38. The van der Waals surface area contributed by atoms with E-state index in [1.165, 1.54) is 6.20 Å². The Balaban J connectivity index is 1.60. The number of carbonyl (C=O) groups is 1. The van der Waals surface area contributed by atoms with Crippen LogP contribution < -0.4 is 5.32 Å². The molecular formula is C17H16N6O2. The first-order chi connectivity index (χ1) is 12.2. The summed E-state index contributed by atoms with van der Waals surface area (Å²) in [6.45, 7) is 0.483. The van der Waals surface area contributed by atoms with Gasteiger partial charge < -0.3 is 14.6 Å². The molecule has 0 aliphatic heterocycles. The summed E-state index contributed by atoms with van der Waals surface area (Å²) in [6, 6.07) is 9.14. The standard InChI is InChI=1S/C17H16N6O2/c1-22-16(23-8-2-3-9-23)14(12-21-22)17(24)25-10-7-20-15-13(11-18)5-4-6-19-15/h2-6,8-9,12H,7,10H2,1H3,(H,19,20). The van der Waals surface area contributed by atoms with Crippen molar-refractivity contribution < 1.29 is 9.53 Å². The number of nitriles is 1. The normalized spacial score (nSPS) is 10.2. The third-order valence-electron chi connectivity index (χ3n) is 3.53.